The Morgan fingerprint density at radius 1 is 1.26 bits per heavy atom. The van der Waals surface area contributed by atoms with Crippen LogP contribution in [0.3, 0.4) is 0 Å². The minimum atomic E-state index is -0.106. The van der Waals surface area contributed by atoms with E-state index in [9.17, 15) is 4.79 Å². The van der Waals surface area contributed by atoms with Crippen molar-refractivity contribution in [2.45, 2.75) is 32.7 Å². The maximum absolute atomic E-state index is 12.0. The van der Waals surface area contributed by atoms with Crippen molar-refractivity contribution in [1.29, 1.82) is 0 Å². The summed E-state index contributed by atoms with van der Waals surface area (Å²) < 4.78 is 0. The molecule has 0 radical (unpaired) electrons. The molecule has 4 nitrogen and oxygen atoms in total. The number of nitrogens with zero attached hydrogens (tertiary/aromatic N) is 1. The number of anilines is 1. The average Bonchev–Trinajstić information content (AvgIpc) is 2.26. The molecule has 1 aliphatic rings. The Labute approximate surface area is 115 Å². The molecule has 1 fully saturated rings. The Bertz CT molecular complexity index is 438. The summed E-state index contributed by atoms with van der Waals surface area (Å²) in [6.45, 7) is 6.12. The molecular weight excluding hydrogens is 238 g/mol. The maximum Gasteiger partial charge on any atom is 0.319 e. The molecule has 19 heavy (non-hydrogen) atoms. The molecular formula is C15H23N3O. The summed E-state index contributed by atoms with van der Waals surface area (Å²) in [4.78, 5) is 14.2. The number of carbonyl (C=O) groups is 1. The lowest BCUT2D eigenvalue weighted by molar-refractivity contribution is 0.216. The first-order valence-electron chi connectivity index (χ1n) is 6.87. The zero-order chi connectivity index (χ0) is 13.8. The van der Waals surface area contributed by atoms with Gasteiger partial charge in [-0.3, -0.25) is 0 Å². The van der Waals surface area contributed by atoms with Gasteiger partial charge in [0.15, 0.2) is 0 Å². The predicted molar refractivity (Wildman–Crippen MR) is 78.6 cm³/mol. The first kappa shape index (κ1) is 13.9. The molecule has 4 heteroatoms. The fourth-order valence-electron chi connectivity index (χ4n) is 2.68. The normalized spacial score (nSPS) is 20.1. The third-order valence-electron chi connectivity index (χ3n) is 3.44. The lowest BCUT2D eigenvalue weighted by atomic mass is 10.1. The molecule has 0 aromatic heterocycles. The maximum atomic E-state index is 12.0. The Morgan fingerprint density at radius 3 is 2.58 bits per heavy atom. The first-order chi connectivity index (χ1) is 9.02. The van der Waals surface area contributed by atoms with Crippen LogP contribution < -0.4 is 10.6 Å². The zero-order valence-corrected chi connectivity index (χ0v) is 12.0. The predicted octanol–water partition coefficient (Wildman–Crippen LogP) is 2.52. The van der Waals surface area contributed by atoms with Crippen molar-refractivity contribution >= 4 is 11.7 Å². The minimum absolute atomic E-state index is 0.106. The number of hydrogen-bond donors (Lipinski definition) is 2. The number of likely N-dealkylation sites (tertiary alicyclic amines) is 1. The van der Waals surface area contributed by atoms with Crippen LogP contribution in [-0.2, 0) is 0 Å². The number of carbonyl (C=O) groups excluding carboxylic acids is 1. The van der Waals surface area contributed by atoms with Gasteiger partial charge in [-0.1, -0.05) is 6.07 Å². The summed E-state index contributed by atoms with van der Waals surface area (Å²) in [6, 6.07) is 6.22. The van der Waals surface area contributed by atoms with E-state index in [0.29, 0.717) is 0 Å². The summed E-state index contributed by atoms with van der Waals surface area (Å²) >= 11 is 0. The van der Waals surface area contributed by atoms with Crippen LogP contribution in [0.1, 0.15) is 24.0 Å². The second-order valence-corrected chi connectivity index (χ2v) is 5.58. The highest BCUT2D eigenvalue weighted by Gasteiger charge is 2.18. The Hall–Kier alpha value is -1.55. The third-order valence-corrected chi connectivity index (χ3v) is 3.44. The topological polar surface area (TPSA) is 44.4 Å². The van der Waals surface area contributed by atoms with Crippen LogP contribution >= 0.6 is 0 Å². The van der Waals surface area contributed by atoms with Gasteiger partial charge in [0.1, 0.15) is 0 Å². The summed E-state index contributed by atoms with van der Waals surface area (Å²) in [7, 11) is 2.09. The summed E-state index contributed by atoms with van der Waals surface area (Å²) in [6.07, 6.45) is 2.20. The van der Waals surface area contributed by atoms with Crippen LogP contribution in [0, 0.1) is 13.8 Å². The number of rotatable bonds is 2. The standard InChI is InChI=1S/C15H23N3O/c1-11-7-12(2)9-14(8-11)17-15(19)16-13-5-4-6-18(3)10-13/h7-9,13H,4-6,10H2,1-3H3,(H2,16,17,19)/t13-/m1/s1. The van der Waals surface area contributed by atoms with E-state index in [2.05, 4.69) is 28.6 Å². The second-order valence-electron chi connectivity index (χ2n) is 5.58. The van der Waals surface area contributed by atoms with Crippen molar-refractivity contribution in [3.63, 3.8) is 0 Å². The third kappa shape index (κ3) is 4.24. The summed E-state index contributed by atoms with van der Waals surface area (Å²) in [5.41, 5.74) is 3.18. The van der Waals surface area contributed by atoms with Gasteiger partial charge < -0.3 is 15.5 Å². The van der Waals surface area contributed by atoms with Crippen molar-refractivity contribution in [3.05, 3.63) is 29.3 Å². The van der Waals surface area contributed by atoms with Crippen LogP contribution in [0.4, 0.5) is 10.5 Å². The van der Waals surface area contributed by atoms with E-state index in [4.69, 9.17) is 0 Å². The van der Waals surface area contributed by atoms with Gasteiger partial charge in [0, 0.05) is 18.3 Å². The van der Waals surface area contributed by atoms with Crippen LogP contribution in [0.15, 0.2) is 18.2 Å². The van der Waals surface area contributed by atoms with Crippen LogP contribution in [-0.4, -0.2) is 37.1 Å². The van der Waals surface area contributed by atoms with E-state index in [-0.39, 0.29) is 12.1 Å². The Kier molecular flexibility index (Phi) is 4.43. The fourth-order valence-corrected chi connectivity index (χ4v) is 2.68. The molecule has 1 heterocycles. The van der Waals surface area contributed by atoms with Crippen molar-refractivity contribution in [2.24, 2.45) is 0 Å². The van der Waals surface area contributed by atoms with Gasteiger partial charge in [0.25, 0.3) is 0 Å². The molecule has 0 bridgehead atoms. The van der Waals surface area contributed by atoms with Gasteiger partial charge >= 0.3 is 6.03 Å². The highest BCUT2D eigenvalue weighted by Crippen LogP contribution is 2.14. The molecule has 0 aliphatic carbocycles. The molecule has 1 aromatic carbocycles. The van der Waals surface area contributed by atoms with Crippen molar-refractivity contribution in [2.75, 3.05) is 25.5 Å². The molecule has 1 aromatic rings. The molecule has 0 spiro atoms. The van der Waals surface area contributed by atoms with Crippen LogP contribution in [0.2, 0.25) is 0 Å². The van der Waals surface area contributed by atoms with Crippen molar-refractivity contribution in [3.8, 4) is 0 Å². The zero-order valence-electron chi connectivity index (χ0n) is 12.0. The van der Waals surface area contributed by atoms with Crippen molar-refractivity contribution < 1.29 is 4.79 Å². The number of benzene rings is 1. The van der Waals surface area contributed by atoms with E-state index in [0.717, 1.165) is 42.7 Å². The van der Waals surface area contributed by atoms with Crippen molar-refractivity contribution in [1.82, 2.24) is 10.2 Å². The van der Waals surface area contributed by atoms with E-state index < -0.39 is 0 Å². The van der Waals surface area contributed by atoms with Gasteiger partial charge in [-0.05, 0) is 63.5 Å². The number of nitrogens with one attached hydrogen (secondary N) is 2. The first-order valence-corrected chi connectivity index (χ1v) is 6.87. The molecule has 2 N–H and O–H groups in total. The van der Waals surface area contributed by atoms with E-state index in [1.165, 1.54) is 0 Å². The highest BCUT2D eigenvalue weighted by molar-refractivity contribution is 5.89. The highest BCUT2D eigenvalue weighted by atomic mass is 16.2. The molecule has 0 saturated carbocycles. The van der Waals surface area contributed by atoms with Crippen LogP contribution in [0.5, 0.6) is 0 Å². The summed E-state index contributed by atoms with van der Waals surface area (Å²) in [5.74, 6) is 0. The number of hydrogen-bond acceptors (Lipinski definition) is 2. The molecule has 2 amide bonds. The fraction of sp³-hybridized carbons (Fsp3) is 0.533. The van der Waals surface area contributed by atoms with E-state index in [1.54, 1.807) is 0 Å². The van der Waals surface area contributed by atoms with Gasteiger partial charge in [-0.25, -0.2) is 4.79 Å². The molecule has 0 unspecified atom stereocenters. The van der Waals surface area contributed by atoms with Gasteiger partial charge in [0.2, 0.25) is 0 Å². The largest absolute Gasteiger partial charge is 0.334 e. The monoisotopic (exact) mass is 261 g/mol. The Balaban J connectivity index is 1.90. The van der Waals surface area contributed by atoms with Gasteiger partial charge in [-0.15, -0.1) is 0 Å². The van der Waals surface area contributed by atoms with E-state index in [1.807, 2.05) is 26.0 Å². The second kappa shape index (κ2) is 6.06. The lowest BCUT2D eigenvalue weighted by Gasteiger charge is -2.30. The van der Waals surface area contributed by atoms with Gasteiger partial charge in [0.05, 0.1) is 0 Å². The minimum Gasteiger partial charge on any atom is -0.334 e. The molecule has 1 aliphatic heterocycles. The average molecular weight is 261 g/mol. The number of aryl methyl sites for hydroxylation is 2. The molecule has 1 saturated heterocycles. The molecule has 2 rings (SSSR count). The number of likely N-dealkylation sites (N-methyl/N-ethyl adjacent to an activating group) is 1. The number of piperidine rings is 1. The summed E-state index contributed by atoms with van der Waals surface area (Å²) in [5, 5.41) is 5.96. The van der Waals surface area contributed by atoms with Gasteiger partial charge in [-0.2, -0.15) is 0 Å². The number of amides is 2. The number of urea groups is 1. The molecule has 104 valence electrons. The van der Waals surface area contributed by atoms with Crippen LogP contribution in [0.25, 0.3) is 0 Å². The molecule has 1 atom stereocenters. The Morgan fingerprint density at radius 2 is 1.95 bits per heavy atom. The van der Waals surface area contributed by atoms with E-state index >= 15 is 0 Å². The SMILES string of the molecule is Cc1cc(C)cc(NC(=O)N[C@@H]2CCCN(C)C2)c1. The lowest BCUT2D eigenvalue weighted by Crippen LogP contribution is -2.47. The quantitative estimate of drug-likeness (QED) is 0.859. The smallest absolute Gasteiger partial charge is 0.319 e.